The van der Waals surface area contributed by atoms with Crippen molar-refractivity contribution in [2.45, 2.75) is 197 Å². The molecule has 5 atom stereocenters. The monoisotopic (exact) mass is 1680 g/mol. The number of aliphatic carboxylic acids is 9. The largest absolute Gasteiger partial charge is 0.481 e. The van der Waals surface area contributed by atoms with E-state index in [2.05, 4.69) is 42.1 Å². The quantitative estimate of drug-likeness (QED) is 0.0419. The average molecular weight is 1680 g/mol. The minimum atomic E-state index is -1.53. The molecule has 1 aromatic carbocycles. The summed E-state index contributed by atoms with van der Waals surface area (Å²) in [6.45, 7) is 2.86. The number of carbonyl (C=O) groups is 13. The number of nitrogens with zero attached hydrogens (tertiary/aromatic N) is 7. The molecule has 0 bridgehead atoms. The number of aromatic nitrogens is 3. The molecule has 3 rings (SSSR count). The number of likely N-dealkylation sites (N-methyl/N-ethyl adjacent to an activating group) is 1. The third kappa shape index (κ3) is 47.5. The first-order chi connectivity index (χ1) is 50.5. The molecule has 1 aromatic heterocycles. The summed E-state index contributed by atoms with van der Waals surface area (Å²) < 4.78 is 0. The second-order valence-electron chi connectivity index (χ2n) is 25.8. The summed E-state index contributed by atoms with van der Waals surface area (Å²) in [6.07, 6.45) is 10.8. The van der Waals surface area contributed by atoms with Crippen molar-refractivity contribution in [2.75, 3.05) is 97.4 Å². The van der Waals surface area contributed by atoms with Crippen molar-refractivity contribution in [1.82, 2.24) is 66.5 Å². The van der Waals surface area contributed by atoms with Crippen LogP contribution < -0.4 is 37.2 Å². The van der Waals surface area contributed by atoms with Crippen LogP contribution in [0.1, 0.15) is 170 Å². The second-order valence-corrected chi connectivity index (χ2v) is 25.8. The molecule has 607 valence electrons. The molecule has 0 aliphatic carbocycles. The number of nitrogens with one attached hydrogen (secondary N) is 7. The van der Waals surface area contributed by atoms with Crippen LogP contribution in [0.15, 0.2) is 24.3 Å². The van der Waals surface area contributed by atoms with Crippen molar-refractivity contribution < 1.29 is 155 Å². The number of hydrogen-bond acceptors (Lipinski definition) is 23. The third-order valence-corrected chi connectivity index (χ3v) is 17.0. The zero-order valence-electron chi connectivity index (χ0n) is 60.3. The Bertz CT molecular complexity index is 3030. The summed E-state index contributed by atoms with van der Waals surface area (Å²) in [7, 11) is 1.91. The summed E-state index contributed by atoms with van der Waals surface area (Å²) in [4.78, 5) is 192. The molecule has 1 aliphatic rings. The van der Waals surface area contributed by atoms with E-state index in [-0.39, 0.29) is 126 Å². The van der Waals surface area contributed by atoms with Crippen molar-refractivity contribution in [3.8, 4) is 0 Å². The van der Waals surface area contributed by atoms with Crippen molar-refractivity contribution >= 4 is 89.7 Å². The molecular weight excluding hydrogens is 1570 g/mol. The van der Waals surface area contributed by atoms with Crippen LogP contribution in [-0.4, -0.2) is 287 Å². The maximum atomic E-state index is 12.6. The van der Waals surface area contributed by atoms with Crippen LogP contribution in [0.3, 0.4) is 0 Å². The van der Waals surface area contributed by atoms with E-state index in [1.807, 2.05) is 36.2 Å². The van der Waals surface area contributed by atoms with Gasteiger partial charge in [0.1, 0.15) is 35.8 Å². The van der Waals surface area contributed by atoms with Gasteiger partial charge >= 0.3 is 71.9 Å². The van der Waals surface area contributed by atoms with Gasteiger partial charge in [0, 0.05) is 147 Å². The Morgan fingerprint density at radius 2 is 0.822 bits per heavy atom. The number of aryl methyl sites for hydroxylation is 1. The Labute approximate surface area is 648 Å². The summed E-state index contributed by atoms with van der Waals surface area (Å²) >= 11 is 0. The van der Waals surface area contributed by atoms with Gasteiger partial charge in [-0.15, -0.1) is 0 Å². The number of benzene rings is 1. The van der Waals surface area contributed by atoms with Gasteiger partial charge in [-0.1, -0.05) is 69.2 Å². The molecule has 2 aromatic rings. The van der Waals surface area contributed by atoms with Crippen LogP contribution in [0.25, 0.3) is 0 Å². The first-order valence-corrected chi connectivity index (χ1v) is 35.6. The molecule has 1 unspecified atom stereocenters. The van der Waals surface area contributed by atoms with Gasteiger partial charge in [-0.05, 0) is 102 Å². The summed E-state index contributed by atoms with van der Waals surface area (Å²) in [6, 6.07) is -0.241. The van der Waals surface area contributed by atoms with E-state index in [0.29, 0.717) is 121 Å². The topological polar surface area (TPSA) is 574 Å². The van der Waals surface area contributed by atoms with Gasteiger partial charge in [-0.2, -0.15) is 19.6 Å². The molecule has 107 heavy (non-hydrogen) atoms. The van der Waals surface area contributed by atoms with Crippen LogP contribution in [-0.2, 0) is 81.6 Å². The second kappa shape index (κ2) is 56.5. The van der Waals surface area contributed by atoms with Crippen LogP contribution in [0.4, 0.5) is 15.5 Å². The number of carboxylic acids is 9. The van der Waals surface area contributed by atoms with E-state index < -0.39 is 116 Å². The molecule has 1 saturated heterocycles. The summed E-state index contributed by atoms with van der Waals surface area (Å²) in [5.41, 5.74) is 1.85. The minimum Gasteiger partial charge on any atom is -0.481 e. The third-order valence-electron chi connectivity index (χ3n) is 17.0. The molecule has 1 fully saturated rings. The number of carboxylic acid groups (broad SMARTS) is 9. The van der Waals surface area contributed by atoms with E-state index in [0.717, 1.165) is 68.9 Å². The van der Waals surface area contributed by atoms with E-state index in [1.165, 1.54) is 0 Å². The summed E-state index contributed by atoms with van der Waals surface area (Å²) in [5, 5.41) is 102. The standard InChI is InChI=1S/C67H106N14O22.CO2.Lu/c1-78-33-34-79(42-58(88)89)35-36-80(43-59(90)91)37-38-81(44-60(92)93)47(41-78)39-45-22-24-46(25-23-45)40-53-75-52(19-9-5-2-3-6-10-20-54(82)68-30-15-12-17-48(61(94)95)71-66(102)73-50(63(98)99)26-28-56(84)85)76-65(77-53)70-32-14-8-4-7-11-21-55(83)69-31-16-13-18-49(62(96)97)72-67(103)74-51(64(100)101)27-29-57(86)87;2-1-3;/h22-25,47-51H,2-21,26-44H2,1H3,(H,68,82)(H,69,83)(H,84,85)(H,86,87)(H,88,89)(H,90,91)(H,92,93)(H,94,95)(H,96,97)(H,98,99)(H,100,101)(H2,71,73,102)(H2,72,74,103)(H,70,75,76,77);;/t47?,48-,49-,50-,51-;;/m0../s1. The SMILES string of the molecule is CN1CCN(CC(=O)O)CCN(CC(=O)O)CCN(CC(=O)O)C(Cc2ccc(Cc3nc(CCCCCCCCC(=O)NCCCC[C@H](NC(=O)N[C@@H](CCC(=O)O)C(=O)O)C(=O)O)nc(NCCCCCCCC(=O)NCCCC[C@H](NC(=O)N[C@@H](CCC(=O)O)C(=O)O)C(=O)O)n3)cc2)C1.O=C=O.[Lu]. The number of rotatable bonds is 52. The van der Waals surface area contributed by atoms with Gasteiger partial charge in [0.2, 0.25) is 17.8 Å². The maximum absolute atomic E-state index is 12.6. The zero-order chi connectivity index (χ0) is 78.8. The molecule has 39 heteroatoms. The van der Waals surface area contributed by atoms with Gasteiger partial charge in [0.05, 0.1) is 19.6 Å². The zero-order valence-corrected chi connectivity index (χ0v) is 62.0. The Kier molecular flexibility index (Phi) is 50.8. The van der Waals surface area contributed by atoms with Crippen molar-refractivity contribution in [2.24, 2.45) is 0 Å². The normalized spacial score (nSPS) is 14.8. The molecule has 0 spiro atoms. The Balaban J connectivity index is 0.0000141. The first-order valence-electron chi connectivity index (χ1n) is 35.6. The molecule has 0 saturated carbocycles. The van der Waals surface area contributed by atoms with Crippen LogP contribution in [0.5, 0.6) is 0 Å². The molecule has 38 nitrogen and oxygen atoms in total. The van der Waals surface area contributed by atoms with Crippen molar-refractivity contribution in [3.63, 3.8) is 0 Å². The number of urea groups is 2. The predicted molar refractivity (Wildman–Crippen MR) is 375 cm³/mol. The fraction of sp³-hybridized carbons (Fsp3) is 0.662. The molecular formula is C68H106LuN14O24. The van der Waals surface area contributed by atoms with E-state index in [9.17, 15) is 98.1 Å². The fourth-order valence-electron chi connectivity index (χ4n) is 11.4. The number of unbranched alkanes of at least 4 members (excludes halogenated alkanes) is 11. The van der Waals surface area contributed by atoms with Crippen LogP contribution in [0, 0.1) is 36.9 Å². The van der Waals surface area contributed by atoms with Crippen LogP contribution >= 0.6 is 0 Å². The first kappa shape index (κ1) is 96.2. The molecule has 2 heterocycles. The fourth-order valence-corrected chi connectivity index (χ4v) is 11.4. The van der Waals surface area contributed by atoms with Gasteiger partial charge in [-0.3, -0.25) is 48.3 Å². The van der Waals surface area contributed by atoms with Gasteiger partial charge in [0.25, 0.3) is 0 Å². The number of carbonyl (C=O) groups excluding carboxylic acids is 6. The maximum Gasteiger partial charge on any atom is 0.373 e. The Morgan fingerprint density at radius 3 is 1.26 bits per heavy atom. The Morgan fingerprint density at radius 1 is 0.439 bits per heavy atom. The van der Waals surface area contributed by atoms with Crippen LogP contribution in [0.2, 0.25) is 0 Å². The van der Waals surface area contributed by atoms with Crippen molar-refractivity contribution in [1.29, 1.82) is 0 Å². The predicted octanol–water partition coefficient (Wildman–Crippen LogP) is 1.63. The number of anilines is 1. The molecule has 6 amide bonds. The molecule has 1 aliphatic heterocycles. The average Bonchev–Trinajstić information content (AvgIpc) is 0.849. The minimum absolute atomic E-state index is 0. The number of amides is 6. The summed E-state index contributed by atoms with van der Waals surface area (Å²) in [5.74, 6) is -9.93. The van der Waals surface area contributed by atoms with E-state index >= 15 is 0 Å². The van der Waals surface area contributed by atoms with E-state index in [4.69, 9.17) is 34.8 Å². The smallest absolute Gasteiger partial charge is 0.373 e. The van der Waals surface area contributed by atoms with Gasteiger partial charge in [-0.25, -0.2) is 33.8 Å². The number of hydrogen-bond donors (Lipinski definition) is 16. The van der Waals surface area contributed by atoms with Crippen molar-refractivity contribution in [3.05, 3.63) is 47.0 Å². The molecule has 1 radical (unpaired) electrons. The van der Waals surface area contributed by atoms with Gasteiger partial charge < -0.3 is 88.1 Å². The van der Waals surface area contributed by atoms with Gasteiger partial charge in [0.15, 0.2) is 0 Å². The molecule has 16 N–H and O–H groups in total. The van der Waals surface area contributed by atoms with E-state index in [1.54, 1.807) is 9.80 Å². The Hall–Kier alpha value is -8.81.